The monoisotopic (exact) mass is 358 g/mol. The molecule has 0 saturated heterocycles. The summed E-state index contributed by atoms with van der Waals surface area (Å²) in [4.78, 5) is 8.28. The molecule has 0 aliphatic heterocycles. The second kappa shape index (κ2) is 5.06. The van der Waals surface area contributed by atoms with Gasteiger partial charge in [0.15, 0.2) is 11.6 Å². The number of halogens is 2. The molecule has 2 aromatic carbocycles. The largest absolute Gasteiger partial charge is 0.449 e. The van der Waals surface area contributed by atoms with Gasteiger partial charge in [-0.05, 0) is 30.3 Å². The van der Waals surface area contributed by atoms with Crippen LogP contribution in [-0.2, 0) is 0 Å². The van der Waals surface area contributed by atoms with Crippen LogP contribution in [0.1, 0.15) is 0 Å². The van der Waals surface area contributed by atoms with Gasteiger partial charge in [0.05, 0.1) is 0 Å². The molecule has 6 heteroatoms. The minimum atomic E-state index is -0.489. The normalized spacial score (nSPS) is 11.2. The summed E-state index contributed by atoms with van der Waals surface area (Å²) in [5.41, 5.74) is 1.71. The molecule has 4 rings (SSSR count). The first-order valence-electron chi connectivity index (χ1n) is 6.47. The van der Waals surface area contributed by atoms with E-state index in [1.54, 1.807) is 6.07 Å². The Kier molecular flexibility index (Phi) is 3.04. The SMILES string of the molecule is Fc1cc(Br)ccc1Oc1ncnc2c1oc1ccccc12. The fourth-order valence-electron chi connectivity index (χ4n) is 2.24. The average Bonchev–Trinajstić information content (AvgIpc) is 2.90. The van der Waals surface area contributed by atoms with Gasteiger partial charge in [0, 0.05) is 9.86 Å². The van der Waals surface area contributed by atoms with Crippen molar-refractivity contribution >= 4 is 38.0 Å². The van der Waals surface area contributed by atoms with Crippen LogP contribution in [0.5, 0.6) is 11.6 Å². The summed E-state index contributed by atoms with van der Waals surface area (Å²) in [6.45, 7) is 0. The molecule has 4 aromatic rings. The highest BCUT2D eigenvalue weighted by Crippen LogP contribution is 2.34. The summed E-state index contributed by atoms with van der Waals surface area (Å²) in [7, 11) is 0. The van der Waals surface area contributed by atoms with E-state index in [4.69, 9.17) is 9.15 Å². The molecule has 0 N–H and O–H groups in total. The van der Waals surface area contributed by atoms with E-state index in [0.29, 0.717) is 21.2 Å². The molecule has 22 heavy (non-hydrogen) atoms. The Morgan fingerprint density at radius 1 is 1.09 bits per heavy atom. The van der Waals surface area contributed by atoms with Crippen molar-refractivity contribution in [3.63, 3.8) is 0 Å². The van der Waals surface area contributed by atoms with E-state index in [0.717, 1.165) is 5.39 Å². The lowest BCUT2D eigenvalue weighted by atomic mass is 10.2. The van der Waals surface area contributed by atoms with Gasteiger partial charge in [-0.1, -0.05) is 28.1 Å². The molecule has 0 spiro atoms. The molecule has 0 radical (unpaired) electrons. The van der Waals surface area contributed by atoms with Crippen LogP contribution in [0.25, 0.3) is 22.1 Å². The number of rotatable bonds is 2. The van der Waals surface area contributed by atoms with Crippen LogP contribution in [0.4, 0.5) is 4.39 Å². The first-order chi connectivity index (χ1) is 10.7. The van der Waals surface area contributed by atoms with E-state index in [1.807, 2.05) is 24.3 Å². The summed E-state index contributed by atoms with van der Waals surface area (Å²) < 4.78 is 25.8. The van der Waals surface area contributed by atoms with Crippen molar-refractivity contribution in [3.05, 3.63) is 59.1 Å². The molecule has 0 fully saturated rings. The minimum Gasteiger partial charge on any atom is -0.449 e. The Labute approximate surface area is 132 Å². The van der Waals surface area contributed by atoms with Gasteiger partial charge >= 0.3 is 0 Å². The van der Waals surface area contributed by atoms with Gasteiger partial charge in [0.25, 0.3) is 5.88 Å². The smallest absolute Gasteiger partial charge is 0.267 e. The fraction of sp³-hybridized carbons (Fsp3) is 0. The molecule has 0 bridgehead atoms. The molecule has 2 aromatic heterocycles. The fourth-order valence-corrected chi connectivity index (χ4v) is 2.57. The lowest BCUT2D eigenvalue weighted by molar-refractivity contribution is 0.423. The van der Waals surface area contributed by atoms with Crippen molar-refractivity contribution in [3.8, 4) is 11.6 Å². The maximum Gasteiger partial charge on any atom is 0.267 e. The van der Waals surface area contributed by atoms with Crippen molar-refractivity contribution in [2.45, 2.75) is 0 Å². The molecule has 2 heterocycles. The van der Waals surface area contributed by atoms with E-state index in [1.165, 1.54) is 18.5 Å². The third kappa shape index (κ3) is 2.12. The van der Waals surface area contributed by atoms with Crippen LogP contribution in [0.15, 0.2) is 57.7 Å². The van der Waals surface area contributed by atoms with Crippen LogP contribution in [0.2, 0.25) is 0 Å². The van der Waals surface area contributed by atoms with Crippen molar-refractivity contribution < 1.29 is 13.5 Å². The van der Waals surface area contributed by atoms with Crippen molar-refractivity contribution in [2.24, 2.45) is 0 Å². The van der Waals surface area contributed by atoms with Crippen LogP contribution >= 0.6 is 15.9 Å². The number of hydrogen-bond donors (Lipinski definition) is 0. The third-order valence-electron chi connectivity index (χ3n) is 3.23. The molecule has 0 aliphatic carbocycles. The summed E-state index contributed by atoms with van der Waals surface area (Å²) in [5.74, 6) is -0.233. The number of benzene rings is 2. The molecule has 108 valence electrons. The van der Waals surface area contributed by atoms with Crippen molar-refractivity contribution in [1.29, 1.82) is 0 Å². The quantitative estimate of drug-likeness (QED) is 0.501. The lowest BCUT2D eigenvalue weighted by Crippen LogP contribution is -1.92. The standard InChI is InChI=1S/C16H8BrFN2O2/c17-9-5-6-13(11(18)7-9)22-16-15-14(19-8-20-16)10-3-1-2-4-12(10)21-15/h1-8H. The van der Waals surface area contributed by atoms with Crippen molar-refractivity contribution in [1.82, 2.24) is 9.97 Å². The van der Waals surface area contributed by atoms with E-state index in [2.05, 4.69) is 25.9 Å². The summed E-state index contributed by atoms with van der Waals surface area (Å²) in [5, 5.41) is 0.862. The van der Waals surface area contributed by atoms with Gasteiger partial charge in [-0.3, -0.25) is 0 Å². The van der Waals surface area contributed by atoms with Gasteiger partial charge in [0.2, 0.25) is 5.58 Å². The molecule has 0 aliphatic rings. The number of para-hydroxylation sites is 1. The topological polar surface area (TPSA) is 48.2 Å². The zero-order chi connectivity index (χ0) is 15.1. The van der Waals surface area contributed by atoms with E-state index < -0.39 is 5.82 Å². The average molecular weight is 359 g/mol. The highest BCUT2D eigenvalue weighted by molar-refractivity contribution is 9.10. The van der Waals surface area contributed by atoms with Gasteiger partial charge in [-0.25, -0.2) is 9.37 Å². The number of hydrogen-bond acceptors (Lipinski definition) is 4. The highest BCUT2D eigenvalue weighted by Gasteiger charge is 2.15. The number of aromatic nitrogens is 2. The molecular formula is C16H8BrFN2O2. The number of nitrogens with zero attached hydrogens (tertiary/aromatic N) is 2. The second-order valence-corrected chi connectivity index (χ2v) is 5.55. The predicted octanol–water partition coefficient (Wildman–Crippen LogP) is 5.07. The predicted molar refractivity (Wildman–Crippen MR) is 83.5 cm³/mol. The lowest BCUT2D eigenvalue weighted by Gasteiger charge is -2.05. The zero-order valence-electron chi connectivity index (χ0n) is 11.1. The zero-order valence-corrected chi connectivity index (χ0v) is 12.7. The number of fused-ring (bicyclic) bond motifs is 3. The highest BCUT2D eigenvalue weighted by atomic mass is 79.9. The van der Waals surface area contributed by atoms with Crippen LogP contribution in [0, 0.1) is 5.82 Å². The Morgan fingerprint density at radius 3 is 2.82 bits per heavy atom. The van der Waals surface area contributed by atoms with Gasteiger partial charge < -0.3 is 9.15 Å². The summed E-state index contributed by atoms with van der Waals surface area (Å²) in [6.07, 6.45) is 1.37. The van der Waals surface area contributed by atoms with E-state index >= 15 is 0 Å². The van der Waals surface area contributed by atoms with Crippen LogP contribution in [-0.4, -0.2) is 9.97 Å². The maximum atomic E-state index is 13.9. The van der Waals surface area contributed by atoms with Crippen LogP contribution < -0.4 is 4.74 Å². The molecule has 0 unspecified atom stereocenters. The summed E-state index contributed by atoms with van der Waals surface area (Å²) >= 11 is 3.21. The van der Waals surface area contributed by atoms with E-state index in [9.17, 15) is 4.39 Å². The molecule has 0 atom stereocenters. The van der Waals surface area contributed by atoms with Crippen LogP contribution in [0.3, 0.4) is 0 Å². The summed E-state index contributed by atoms with van der Waals surface area (Å²) in [6, 6.07) is 12.0. The minimum absolute atomic E-state index is 0.0728. The Morgan fingerprint density at radius 2 is 1.95 bits per heavy atom. The molecule has 4 nitrogen and oxygen atoms in total. The Balaban J connectivity index is 1.88. The molecule has 0 amide bonds. The Hall–Kier alpha value is -2.47. The van der Waals surface area contributed by atoms with Gasteiger partial charge in [0.1, 0.15) is 17.4 Å². The third-order valence-corrected chi connectivity index (χ3v) is 3.72. The first-order valence-corrected chi connectivity index (χ1v) is 7.27. The second-order valence-electron chi connectivity index (χ2n) is 4.63. The molecule has 0 saturated carbocycles. The number of furan rings is 1. The van der Waals surface area contributed by atoms with Crippen molar-refractivity contribution in [2.75, 3.05) is 0 Å². The number of ether oxygens (including phenoxy) is 1. The van der Waals surface area contributed by atoms with Gasteiger partial charge in [-0.15, -0.1) is 0 Å². The Bertz CT molecular complexity index is 1000. The maximum absolute atomic E-state index is 13.9. The first kappa shape index (κ1) is 13.2. The van der Waals surface area contributed by atoms with Gasteiger partial charge in [-0.2, -0.15) is 4.98 Å². The molecular weight excluding hydrogens is 351 g/mol. The van der Waals surface area contributed by atoms with E-state index in [-0.39, 0.29) is 11.6 Å².